The molecule has 2 rings (SSSR count). The second kappa shape index (κ2) is 3.44. The van der Waals surface area contributed by atoms with E-state index in [0.29, 0.717) is 13.2 Å². The summed E-state index contributed by atoms with van der Waals surface area (Å²) in [7, 11) is 0. The van der Waals surface area contributed by atoms with Crippen molar-refractivity contribution in [3.05, 3.63) is 30.1 Å². The van der Waals surface area contributed by atoms with E-state index in [1.54, 1.807) is 6.20 Å². The van der Waals surface area contributed by atoms with Gasteiger partial charge in [0, 0.05) is 24.4 Å². The van der Waals surface area contributed by atoms with Crippen molar-refractivity contribution in [3.63, 3.8) is 0 Å². The van der Waals surface area contributed by atoms with Crippen LogP contribution in [0, 0.1) is 0 Å². The third-order valence-corrected chi connectivity index (χ3v) is 2.62. The number of hydrogen-bond acceptors (Lipinski definition) is 3. The highest BCUT2D eigenvalue weighted by molar-refractivity contribution is 5.24. The van der Waals surface area contributed by atoms with E-state index in [9.17, 15) is 0 Å². The molecule has 1 fully saturated rings. The van der Waals surface area contributed by atoms with E-state index in [1.807, 2.05) is 18.3 Å². The molecule has 0 unspecified atom stereocenters. The van der Waals surface area contributed by atoms with Gasteiger partial charge in [-0.2, -0.15) is 0 Å². The molecule has 1 N–H and O–H groups in total. The largest absolute Gasteiger partial charge is 0.396 e. The fraction of sp³-hybridized carbons (Fsp3) is 0.500. The van der Waals surface area contributed by atoms with Crippen molar-refractivity contribution in [1.82, 2.24) is 4.98 Å². The van der Waals surface area contributed by atoms with Crippen LogP contribution in [-0.4, -0.2) is 29.9 Å². The van der Waals surface area contributed by atoms with Crippen LogP contribution in [0.3, 0.4) is 0 Å². The van der Waals surface area contributed by atoms with Crippen molar-refractivity contribution in [3.8, 4) is 0 Å². The second-order valence-electron chi connectivity index (χ2n) is 3.49. The second-order valence-corrected chi connectivity index (χ2v) is 3.49. The number of hydrogen-bond donors (Lipinski definition) is 1. The maximum atomic E-state index is 8.95. The van der Waals surface area contributed by atoms with Crippen LogP contribution >= 0.6 is 0 Å². The van der Waals surface area contributed by atoms with E-state index < -0.39 is 0 Å². The third-order valence-electron chi connectivity index (χ3n) is 2.62. The third kappa shape index (κ3) is 1.45. The molecule has 0 amide bonds. The first-order chi connectivity index (χ1) is 6.37. The minimum absolute atomic E-state index is 0.0308. The van der Waals surface area contributed by atoms with Gasteiger partial charge in [-0.3, -0.25) is 4.98 Å². The molecular weight excluding hydrogens is 166 g/mol. The lowest BCUT2D eigenvalue weighted by Gasteiger charge is -2.41. The zero-order chi connectivity index (χ0) is 9.15. The topological polar surface area (TPSA) is 42.4 Å². The Labute approximate surface area is 77.4 Å². The summed E-state index contributed by atoms with van der Waals surface area (Å²) in [6.45, 7) is 1.62. The van der Waals surface area contributed by atoms with Crippen molar-refractivity contribution < 1.29 is 9.84 Å². The van der Waals surface area contributed by atoms with Crippen molar-refractivity contribution in [1.29, 1.82) is 0 Å². The fourth-order valence-electron chi connectivity index (χ4n) is 1.69. The predicted octanol–water partition coefficient (Wildman–Crippen LogP) is 0.732. The molecule has 0 aliphatic carbocycles. The molecule has 1 aliphatic rings. The van der Waals surface area contributed by atoms with E-state index >= 15 is 0 Å². The fourth-order valence-corrected chi connectivity index (χ4v) is 1.69. The monoisotopic (exact) mass is 179 g/mol. The molecule has 0 spiro atoms. The Morgan fingerprint density at radius 1 is 1.54 bits per heavy atom. The highest BCUT2D eigenvalue weighted by Gasteiger charge is 2.39. The normalized spacial score (nSPS) is 19.5. The summed E-state index contributed by atoms with van der Waals surface area (Å²) in [5, 5.41) is 8.95. The van der Waals surface area contributed by atoms with Crippen LogP contribution in [-0.2, 0) is 10.2 Å². The molecule has 3 heteroatoms. The quantitative estimate of drug-likeness (QED) is 0.743. The molecule has 0 atom stereocenters. The lowest BCUT2D eigenvalue weighted by Crippen LogP contribution is -2.47. The van der Waals surface area contributed by atoms with Crippen LogP contribution in [0.4, 0.5) is 0 Å². The van der Waals surface area contributed by atoms with Crippen molar-refractivity contribution in [2.45, 2.75) is 11.8 Å². The minimum Gasteiger partial charge on any atom is -0.396 e. The zero-order valence-electron chi connectivity index (χ0n) is 7.44. The Kier molecular flexibility index (Phi) is 2.29. The van der Waals surface area contributed by atoms with Crippen LogP contribution < -0.4 is 0 Å². The van der Waals surface area contributed by atoms with Gasteiger partial charge < -0.3 is 9.84 Å². The molecule has 3 nitrogen and oxygen atoms in total. The van der Waals surface area contributed by atoms with E-state index in [4.69, 9.17) is 9.84 Å². The Bertz CT molecular complexity index is 270. The van der Waals surface area contributed by atoms with Crippen LogP contribution in [0.15, 0.2) is 24.5 Å². The van der Waals surface area contributed by atoms with Gasteiger partial charge in [0.25, 0.3) is 0 Å². The van der Waals surface area contributed by atoms with E-state index in [-0.39, 0.29) is 12.0 Å². The number of aliphatic hydroxyl groups excluding tert-OH is 1. The maximum Gasteiger partial charge on any atom is 0.0587 e. The smallest absolute Gasteiger partial charge is 0.0587 e. The highest BCUT2D eigenvalue weighted by atomic mass is 16.5. The van der Waals surface area contributed by atoms with Crippen LogP contribution in [0.2, 0.25) is 0 Å². The maximum absolute atomic E-state index is 8.95. The van der Waals surface area contributed by atoms with Gasteiger partial charge in [0.2, 0.25) is 0 Å². The standard InChI is InChI=1S/C10H13NO2/c12-5-3-10(7-13-8-10)9-2-1-4-11-6-9/h1-2,4,6,12H,3,5,7-8H2. The summed E-state index contributed by atoms with van der Waals surface area (Å²) in [5.41, 5.74) is 1.21. The lowest BCUT2D eigenvalue weighted by molar-refractivity contribution is -0.0702. The van der Waals surface area contributed by atoms with Gasteiger partial charge in [-0.05, 0) is 18.1 Å². The Hall–Kier alpha value is -0.930. The average molecular weight is 179 g/mol. The summed E-state index contributed by atoms with van der Waals surface area (Å²) in [5.74, 6) is 0. The Balaban J connectivity index is 2.22. The molecule has 1 aliphatic heterocycles. The number of nitrogens with zero attached hydrogens (tertiary/aromatic N) is 1. The first-order valence-corrected chi connectivity index (χ1v) is 4.46. The summed E-state index contributed by atoms with van der Waals surface area (Å²) < 4.78 is 5.21. The molecule has 1 aromatic heterocycles. The minimum atomic E-state index is 0.0308. The average Bonchev–Trinajstić information content (AvgIpc) is 2.13. The number of pyridine rings is 1. The van der Waals surface area contributed by atoms with Gasteiger partial charge in [0.15, 0.2) is 0 Å². The lowest BCUT2D eigenvalue weighted by atomic mass is 9.77. The molecule has 1 aromatic rings. The first kappa shape index (κ1) is 8.66. The Morgan fingerprint density at radius 2 is 2.38 bits per heavy atom. The molecule has 0 bridgehead atoms. The number of ether oxygens (including phenoxy) is 1. The van der Waals surface area contributed by atoms with Gasteiger partial charge in [0.1, 0.15) is 0 Å². The van der Waals surface area contributed by atoms with E-state index in [0.717, 1.165) is 6.42 Å². The van der Waals surface area contributed by atoms with E-state index in [1.165, 1.54) is 5.56 Å². The van der Waals surface area contributed by atoms with Gasteiger partial charge in [-0.15, -0.1) is 0 Å². The van der Waals surface area contributed by atoms with Gasteiger partial charge >= 0.3 is 0 Å². The number of aromatic nitrogens is 1. The number of rotatable bonds is 3. The molecule has 13 heavy (non-hydrogen) atoms. The zero-order valence-corrected chi connectivity index (χ0v) is 7.44. The predicted molar refractivity (Wildman–Crippen MR) is 48.4 cm³/mol. The van der Waals surface area contributed by atoms with E-state index in [2.05, 4.69) is 4.98 Å². The van der Waals surface area contributed by atoms with Gasteiger partial charge in [-0.25, -0.2) is 0 Å². The molecule has 0 aromatic carbocycles. The van der Waals surface area contributed by atoms with Gasteiger partial charge in [-0.1, -0.05) is 6.07 Å². The molecule has 70 valence electrons. The highest BCUT2D eigenvalue weighted by Crippen LogP contribution is 2.34. The van der Waals surface area contributed by atoms with Crippen LogP contribution in [0.25, 0.3) is 0 Å². The summed E-state index contributed by atoms with van der Waals surface area (Å²) in [4.78, 5) is 4.08. The van der Waals surface area contributed by atoms with Crippen LogP contribution in [0.1, 0.15) is 12.0 Å². The number of aliphatic hydroxyl groups is 1. The molecule has 0 saturated carbocycles. The van der Waals surface area contributed by atoms with Crippen molar-refractivity contribution >= 4 is 0 Å². The molecule has 2 heterocycles. The molecular formula is C10H13NO2. The summed E-state index contributed by atoms with van der Waals surface area (Å²) >= 11 is 0. The SMILES string of the molecule is OCCC1(c2cccnc2)COC1. The first-order valence-electron chi connectivity index (χ1n) is 4.46. The Morgan fingerprint density at radius 3 is 2.85 bits per heavy atom. The van der Waals surface area contributed by atoms with Gasteiger partial charge in [0.05, 0.1) is 13.2 Å². The molecule has 1 saturated heterocycles. The van der Waals surface area contributed by atoms with Crippen molar-refractivity contribution in [2.75, 3.05) is 19.8 Å². The molecule has 0 radical (unpaired) electrons. The van der Waals surface area contributed by atoms with Crippen molar-refractivity contribution in [2.24, 2.45) is 0 Å². The summed E-state index contributed by atoms with van der Waals surface area (Å²) in [6, 6.07) is 3.97. The van der Waals surface area contributed by atoms with Crippen LogP contribution in [0.5, 0.6) is 0 Å². The summed E-state index contributed by atoms with van der Waals surface area (Å²) in [6.07, 6.45) is 4.38.